The highest BCUT2D eigenvalue weighted by molar-refractivity contribution is 5.96. The van der Waals surface area contributed by atoms with Crippen molar-refractivity contribution >= 4 is 11.9 Å². The molecule has 3 nitrogen and oxygen atoms in total. The summed E-state index contributed by atoms with van der Waals surface area (Å²) in [5, 5.41) is 0. The van der Waals surface area contributed by atoms with Crippen molar-refractivity contribution in [1.29, 1.82) is 0 Å². The average Bonchev–Trinajstić information content (AvgIpc) is 3.03. The lowest BCUT2D eigenvalue weighted by Gasteiger charge is -2.13. The Bertz CT molecular complexity index is 406. The molecule has 1 fully saturated rings. The van der Waals surface area contributed by atoms with E-state index in [4.69, 9.17) is 4.74 Å². The molecule has 0 spiro atoms. The molecule has 0 saturated carbocycles. The fraction of sp³-hybridized carbons (Fsp3) is 0.929. The van der Waals surface area contributed by atoms with Crippen LogP contribution in [0.2, 0.25) is 0 Å². The van der Waals surface area contributed by atoms with Gasteiger partial charge in [-0.1, -0.05) is 142 Å². The van der Waals surface area contributed by atoms with Gasteiger partial charge in [-0.2, -0.15) is 0 Å². The number of hydrogen-bond donors (Lipinski definition) is 0. The van der Waals surface area contributed by atoms with Gasteiger partial charge in [0.25, 0.3) is 0 Å². The number of cyclic esters (lactones) is 2. The van der Waals surface area contributed by atoms with E-state index in [1.54, 1.807) is 0 Å². The third-order valence-corrected chi connectivity index (χ3v) is 7.03. The smallest absolute Gasteiger partial charge is 0.317 e. The summed E-state index contributed by atoms with van der Waals surface area (Å²) in [4.78, 5) is 24.3. The molecule has 0 N–H and O–H groups in total. The third-order valence-electron chi connectivity index (χ3n) is 7.03. The van der Waals surface area contributed by atoms with Crippen LogP contribution in [-0.4, -0.2) is 11.9 Å². The minimum Gasteiger partial charge on any atom is -0.393 e. The Morgan fingerprint density at radius 2 is 0.710 bits per heavy atom. The van der Waals surface area contributed by atoms with Gasteiger partial charge in [-0.05, 0) is 12.8 Å². The molecule has 2 atom stereocenters. The van der Waals surface area contributed by atoms with Crippen LogP contribution in [0.4, 0.5) is 0 Å². The Morgan fingerprint density at radius 3 is 1.00 bits per heavy atom. The molecule has 1 heterocycles. The molecular weight excluding hydrogens is 384 g/mol. The Kier molecular flexibility index (Phi) is 18.0. The van der Waals surface area contributed by atoms with Crippen LogP contribution < -0.4 is 0 Å². The number of rotatable bonds is 22. The lowest BCUT2D eigenvalue weighted by Crippen LogP contribution is -2.18. The van der Waals surface area contributed by atoms with Crippen LogP contribution in [0.25, 0.3) is 0 Å². The molecule has 0 amide bonds. The molecular formula is C28H52O3. The predicted molar refractivity (Wildman–Crippen MR) is 131 cm³/mol. The number of carbonyl (C=O) groups excluding carboxylic acids is 2. The molecule has 0 bridgehead atoms. The molecule has 0 aliphatic carbocycles. The van der Waals surface area contributed by atoms with Crippen molar-refractivity contribution in [3.63, 3.8) is 0 Å². The molecule has 3 heteroatoms. The second-order valence-electron chi connectivity index (χ2n) is 9.89. The normalized spacial score (nSPS) is 18.6. The first-order valence-electron chi connectivity index (χ1n) is 14.0. The lowest BCUT2D eigenvalue weighted by molar-refractivity contribution is -0.153. The fourth-order valence-electron chi connectivity index (χ4n) is 4.92. The van der Waals surface area contributed by atoms with E-state index in [0.29, 0.717) is 0 Å². The van der Waals surface area contributed by atoms with Crippen molar-refractivity contribution in [3.8, 4) is 0 Å². The number of ether oxygens (including phenoxy) is 1. The summed E-state index contributed by atoms with van der Waals surface area (Å²) < 4.78 is 4.99. The van der Waals surface area contributed by atoms with Crippen LogP contribution in [0, 0.1) is 11.8 Å². The second-order valence-corrected chi connectivity index (χ2v) is 9.89. The number of esters is 2. The summed E-state index contributed by atoms with van der Waals surface area (Å²) in [6.45, 7) is 4.52. The topological polar surface area (TPSA) is 43.4 Å². The van der Waals surface area contributed by atoms with E-state index >= 15 is 0 Å². The predicted octanol–water partition coefficient (Wildman–Crippen LogP) is 8.92. The van der Waals surface area contributed by atoms with Gasteiger partial charge < -0.3 is 4.74 Å². The van der Waals surface area contributed by atoms with E-state index in [-0.39, 0.29) is 23.8 Å². The zero-order chi connectivity index (χ0) is 22.6. The van der Waals surface area contributed by atoms with Crippen LogP contribution >= 0.6 is 0 Å². The van der Waals surface area contributed by atoms with Crippen molar-refractivity contribution in [1.82, 2.24) is 0 Å². The SMILES string of the molecule is CCCCCCCCCCCCC1C(=O)OC(=O)C1CCCCCCCCCCCC. The molecule has 1 rings (SSSR count). The van der Waals surface area contributed by atoms with Gasteiger partial charge in [-0.25, -0.2) is 0 Å². The zero-order valence-corrected chi connectivity index (χ0v) is 20.9. The molecule has 1 aliphatic rings. The van der Waals surface area contributed by atoms with Crippen molar-refractivity contribution in [3.05, 3.63) is 0 Å². The summed E-state index contributed by atoms with van der Waals surface area (Å²) in [5.41, 5.74) is 0. The number of unbranched alkanes of at least 4 members (excludes halogenated alkanes) is 18. The van der Waals surface area contributed by atoms with Gasteiger partial charge in [0.2, 0.25) is 0 Å². The molecule has 0 aromatic rings. The average molecular weight is 437 g/mol. The van der Waals surface area contributed by atoms with Crippen LogP contribution in [0.1, 0.15) is 155 Å². The minimum atomic E-state index is -0.252. The summed E-state index contributed by atoms with van der Waals surface area (Å²) in [6.07, 6.45) is 27.6. The highest BCUT2D eigenvalue weighted by atomic mass is 16.6. The maximum Gasteiger partial charge on any atom is 0.317 e. The first-order chi connectivity index (χ1) is 15.2. The Balaban J connectivity index is 2.05. The van der Waals surface area contributed by atoms with E-state index in [2.05, 4.69) is 13.8 Å². The first-order valence-corrected chi connectivity index (χ1v) is 14.0. The van der Waals surface area contributed by atoms with Gasteiger partial charge in [-0.3, -0.25) is 9.59 Å². The molecule has 0 aromatic carbocycles. The summed E-state index contributed by atoms with van der Waals surface area (Å²) in [5.74, 6) is -0.837. The Morgan fingerprint density at radius 1 is 0.452 bits per heavy atom. The maximum absolute atomic E-state index is 12.1. The second kappa shape index (κ2) is 19.8. The van der Waals surface area contributed by atoms with E-state index in [1.807, 2.05) is 0 Å². The molecule has 2 unspecified atom stereocenters. The van der Waals surface area contributed by atoms with E-state index < -0.39 is 0 Å². The van der Waals surface area contributed by atoms with Gasteiger partial charge in [-0.15, -0.1) is 0 Å². The van der Waals surface area contributed by atoms with Crippen LogP contribution in [0.15, 0.2) is 0 Å². The van der Waals surface area contributed by atoms with Gasteiger partial charge in [0, 0.05) is 0 Å². The summed E-state index contributed by atoms with van der Waals surface area (Å²) >= 11 is 0. The Hall–Kier alpha value is -0.860. The zero-order valence-electron chi connectivity index (χ0n) is 20.9. The van der Waals surface area contributed by atoms with Crippen molar-refractivity contribution in [2.75, 3.05) is 0 Å². The van der Waals surface area contributed by atoms with Crippen LogP contribution in [0.5, 0.6) is 0 Å². The first kappa shape index (κ1) is 28.2. The van der Waals surface area contributed by atoms with Gasteiger partial charge in [0.05, 0.1) is 11.8 Å². The Labute approximate surface area is 193 Å². The summed E-state index contributed by atoms with van der Waals surface area (Å²) in [6, 6.07) is 0. The van der Waals surface area contributed by atoms with Crippen molar-refractivity contribution in [2.45, 2.75) is 155 Å². The third kappa shape index (κ3) is 14.0. The standard InChI is InChI=1S/C28H52O3/c1-3-5-7-9-11-13-15-17-19-21-23-25-26(28(30)31-27(25)29)24-22-20-18-16-14-12-10-8-6-4-2/h25-26H,3-24H2,1-2H3. The molecule has 1 aliphatic heterocycles. The number of carbonyl (C=O) groups is 2. The highest BCUT2D eigenvalue weighted by Crippen LogP contribution is 2.32. The van der Waals surface area contributed by atoms with Gasteiger partial charge in [0.1, 0.15) is 0 Å². The largest absolute Gasteiger partial charge is 0.393 e. The molecule has 0 aromatic heterocycles. The highest BCUT2D eigenvalue weighted by Gasteiger charge is 2.42. The lowest BCUT2D eigenvalue weighted by atomic mass is 9.86. The maximum atomic E-state index is 12.1. The monoisotopic (exact) mass is 436 g/mol. The molecule has 0 radical (unpaired) electrons. The van der Waals surface area contributed by atoms with Crippen LogP contribution in [0.3, 0.4) is 0 Å². The van der Waals surface area contributed by atoms with Crippen LogP contribution in [-0.2, 0) is 14.3 Å². The number of hydrogen-bond acceptors (Lipinski definition) is 3. The molecule has 182 valence electrons. The van der Waals surface area contributed by atoms with E-state index in [9.17, 15) is 9.59 Å². The van der Waals surface area contributed by atoms with E-state index in [1.165, 1.54) is 116 Å². The van der Waals surface area contributed by atoms with Gasteiger partial charge in [0.15, 0.2) is 0 Å². The van der Waals surface area contributed by atoms with Crippen molar-refractivity contribution < 1.29 is 14.3 Å². The van der Waals surface area contributed by atoms with E-state index in [0.717, 1.165) is 25.7 Å². The van der Waals surface area contributed by atoms with Crippen molar-refractivity contribution in [2.24, 2.45) is 11.8 Å². The molecule has 31 heavy (non-hydrogen) atoms. The van der Waals surface area contributed by atoms with Gasteiger partial charge >= 0.3 is 11.9 Å². The quantitative estimate of drug-likeness (QED) is 0.0966. The molecule has 1 saturated heterocycles. The minimum absolute atomic E-state index is 0.167. The summed E-state index contributed by atoms with van der Waals surface area (Å²) in [7, 11) is 0. The fourth-order valence-corrected chi connectivity index (χ4v) is 4.92.